The Balaban J connectivity index is 2.61. The standard InChI is InChI=1S/C8H14N4OS2/c1-4-14-7-12-11-6(15-7)10-5(13)8(2,3)9/h4,9H2,1-3H3,(H,10,11,13). The summed E-state index contributed by atoms with van der Waals surface area (Å²) in [6.45, 7) is 5.32. The first-order valence-electron chi connectivity index (χ1n) is 4.50. The van der Waals surface area contributed by atoms with Gasteiger partial charge in [0.2, 0.25) is 11.0 Å². The zero-order valence-corrected chi connectivity index (χ0v) is 10.5. The Morgan fingerprint density at radius 1 is 1.60 bits per heavy atom. The van der Waals surface area contributed by atoms with Gasteiger partial charge in [0.25, 0.3) is 0 Å². The third-order valence-electron chi connectivity index (χ3n) is 1.48. The molecule has 0 radical (unpaired) electrons. The highest BCUT2D eigenvalue weighted by atomic mass is 32.2. The van der Waals surface area contributed by atoms with E-state index in [0.717, 1.165) is 10.1 Å². The topological polar surface area (TPSA) is 80.9 Å². The van der Waals surface area contributed by atoms with Crippen molar-refractivity contribution in [2.75, 3.05) is 11.1 Å². The van der Waals surface area contributed by atoms with Crippen LogP contribution in [-0.2, 0) is 4.79 Å². The van der Waals surface area contributed by atoms with E-state index in [2.05, 4.69) is 15.5 Å². The van der Waals surface area contributed by atoms with Crippen LogP contribution in [-0.4, -0.2) is 27.4 Å². The maximum absolute atomic E-state index is 11.5. The fourth-order valence-electron chi connectivity index (χ4n) is 0.700. The summed E-state index contributed by atoms with van der Waals surface area (Å²) >= 11 is 2.95. The van der Waals surface area contributed by atoms with Gasteiger partial charge in [-0.15, -0.1) is 10.2 Å². The molecule has 0 atom stereocenters. The number of nitrogens with one attached hydrogen (secondary N) is 1. The summed E-state index contributed by atoms with van der Waals surface area (Å²) in [5.74, 6) is 0.678. The van der Waals surface area contributed by atoms with Crippen LogP contribution in [0.4, 0.5) is 5.13 Å². The number of hydrogen-bond donors (Lipinski definition) is 2. The molecule has 1 heterocycles. The molecule has 0 aliphatic carbocycles. The molecule has 0 aromatic carbocycles. The number of amides is 1. The Hall–Kier alpha value is -0.660. The Bertz CT molecular complexity index is 345. The monoisotopic (exact) mass is 246 g/mol. The normalized spacial score (nSPS) is 11.5. The van der Waals surface area contributed by atoms with Crippen LogP contribution in [0.15, 0.2) is 4.34 Å². The summed E-state index contributed by atoms with van der Waals surface area (Å²) in [5, 5.41) is 10.9. The summed E-state index contributed by atoms with van der Waals surface area (Å²) in [4.78, 5) is 11.5. The summed E-state index contributed by atoms with van der Waals surface area (Å²) in [6, 6.07) is 0. The van der Waals surface area contributed by atoms with Crippen LogP contribution in [0, 0.1) is 0 Å². The Labute approximate surface area is 96.8 Å². The van der Waals surface area contributed by atoms with Crippen molar-refractivity contribution in [2.24, 2.45) is 5.73 Å². The molecule has 1 amide bonds. The SMILES string of the molecule is CCSc1nnc(NC(=O)C(C)(C)N)s1. The van der Waals surface area contributed by atoms with Crippen LogP contribution in [0.2, 0.25) is 0 Å². The van der Waals surface area contributed by atoms with E-state index in [-0.39, 0.29) is 5.91 Å². The van der Waals surface area contributed by atoms with Gasteiger partial charge in [-0.3, -0.25) is 10.1 Å². The predicted octanol–water partition coefficient (Wildman–Crippen LogP) is 1.33. The molecule has 0 aliphatic heterocycles. The summed E-state index contributed by atoms with van der Waals surface area (Å²) in [7, 11) is 0. The van der Waals surface area contributed by atoms with Gasteiger partial charge < -0.3 is 5.73 Å². The van der Waals surface area contributed by atoms with Gasteiger partial charge in [-0.05, 0) is 19.6 Å². The van der Waals surface area contributed by atoms with E-state index in [9.17, 15) is 4.79 Å². The molecule has 0 saturated heterocycles. The van der Waals surface area contributed by atoms with Crippen molar-refractivity contribution in [3.05, 3.63) is 0 Å². The molecule has 0 bridgehead atoms. The molecule has 0 unspecified atom stereocenters. The molecule has 0 fully saturated rings. The molecular formula is C8H14N4OS2. The minimum Gasteiger partial charge on any atom is -0.318 e. The van der Waals surface area contributed by atoms with Gasteiger partial charge in [-0.25, -0.2) is 0 Å². The Morgan fingerprint density at radius 2 is 2.27 bits per heavy atom. The van der Waals surface area contributed by atoms with E-state index >= 15 is 0 Å². The lowest BCUT2D eigenvalue weighted by Crippen LogP contribution is -2.45. The lowest BCUT2D eigenvalue weighted by Gasteiger charge is -2.15. The largest absolute Gasteiger partial charge is 0.318 e. The van der Waals surface area contributed by atoms with Gasteiger partial charge in [-0.2, -0.15) is 0 Å². The molecule has 15 heavy (non-hydrogen) atoms. The van der Waals surface area contributed by atoms with Gasteiger partial charge >= 0.3 is 0 Å². The second kappa shape index (κ2) is 4.91. The quantitative estimate of drug-likeness (QED) is 0.618. The molecule has 3 N–H and O–H groups in total. The molecule has 5 nitrogen and oxygen atoms in total. The summed E-state index contributed by atoms with van der Waals surface area (Å²) in [5.41, 5.74) is 4.73. The summed E-state index contributed by atoms with van der Waals surface area (Å²) < 4.78 is 0.850. The van der Waals surface area contributed by atoms with Crippen molar-refractivity contribution in [1.82, 2.24) is 10.2 Å². The minimum absolute atomic E-state index is 0.258. The fourth-order valence-corrected chi connectivity index (χ4v) is 2.34. The maximum Gasteiger partial charge on any atom is 0.245 e. The molecular weight excluding hydrogens is 232 g/mol. The average Bonchev–Trinajstić information content (AvgIpc) is 2.51. The van der Waals surface area contributed by atoms with Gasteiger partial charge in [0, 0.05) is 0 Å². The number of thioether (sulfide) groups is 1. The lowest BCUT2D eigenvalue weighted by molar-refractivity contribution is -0.120. The highest BCUT2D eigenvalue weighted by molar-refractivity contribution is 8.01. The van der Waals surface area contributed by atoms with Gasteiger partial charge in [0.05, 0.1) is 5.54 Å². The van der Waals surface area contributed by atoms with Crippen molar-refractivity contribution in [1.29, 1.82) is 0 Å². The van der Waals surface area contributed by atoms with Gasteiger partial charge in [0.15, 0.2) is 4.34 Å². The number of hydrogen-bond acceptors (Lipinski definition) is 6. The molecule has 0 saturated carbocycles. The van der Waals surface area contributed by atoms with Crippen LogP contribution < -0.4 is 11.1 Å². The van der Waals surface area contributed by atoms with Crippen LogP contribution in [0.1, 0.15) is 20.8 Å². The van der Waals surface area contributed by atoms with Crippen molar-refractivity contribution in [3.8, 4) is 0 Å². The van der Waals surface area contributed by atoms with E-state index in [0.29, 0.717) is 5.13 Å². The molecule has 1 rings (SSSR count). The highest BCUT2D eigenvalue weighted by Gasteiger charge is 2.23. The molecule has 0 spiro atoms. The van der Waals surface area contributed by atoms with E-state index in [1.807, 2.05) is 6.92 Å². The molecule has 1 aromatic heterocycles. The first-order chi connectivity index (χ1) is 6.93. The fraction of sp³-hybridized carbons (Fsp3) is 0.625. The first-order valence-corrected chi connectivity index (χ1v) is 6.30. The number of anilines is 1. The van der Waals surface area contributed by atoms with Crippen molar-refractivity contribution < 1.29 is 4.79 Å². The first kappa shape index (κ1) is 12.4. The molecule has 84 valence electrons. The van der Waals surface area contributed by atoms with Crippen LogP contribution in [0.25, 0.3) is 0 Å². The number of carbonyl (C=O) groups excluding carboxylic acids is 1. The second-order valence-corrected chi connectivity index (χ2v) is 5.97. The number of nitrogens with zero attached hydrogens (tertiary/aromatic N) is 2. The van der Waals surface area contributed by atoms with Crippen molar-refractivity contribution >= 4 is 34.1 Å². The molecule has 7 heteroatoms. The third kappa shape index (κ3) is 3.77. The van der Waals surface area contributed by atoms with Crippen LogP contribution in [0.5, 0.6) is 0 Å². The predicted molar refractivity (Wildman–Crippen MR) is 63.2 cm³/mol. The van der Waals surface area contributed by atoms with Gasteiger partial charge in [-0.1, -0.05) is 30.0 Å². The third-order valence-corrected chi connectivity index (χ3v) is 3.33. The number of aromatic nitrogens is 2. The van der Waals surface area contributed by atoms with E-state index < -0.39 is 5.54 Å². The Kier molecular flexibility index (Phi) is 4.06. The van der Waals surface area contributed by atoms with E-state index in [4.69, 9.17) is 5.73 Å². The number of nitrogens with two attached hydrogens (primary N) is 1. The lowest BCUT2D eigenvalue weighted by atomic mass is 10.1. The average molecular weight is 246 g/mol. The Morgan fingerprint density at radius 3 is 2.80 bits per heavy atom. The molecule has 0 aliphatic rings. The number of carbonyl (C=O) groups is 1. The van der Waals surface area contributed by atoms with Crippen LogP contribution in [0.3, 0.4) is 0 Å². The zero-order chi connectivity index (χ0) is 11.5. The van der Waals surface area contributed by atoms with E-state index in [1.165, 1.54) is 11.3 Å². The van der Waals surface area contributed by atoms with Crippen molar-refractivity contribution in [3.63, 3.8) is 0 Å². The second-order valence-electron chi connectivity index (χ2n) is 3.48. The van der Waals surface area contributed by atoms with Crippen LogP contribution >= 0.6 is 23.1 Å². The smallest absolute Gasteiger partial charge is 0.245 e. The molecule has 1 aromatic rings. The highest BCUT2D eigenvalue weighted by Crippen LogP contribution is 2.25. The minimum atomic E-state index is -0.899. The number of rotatable bonds is 4. The van der Waals surface area contributed by atoms with E-state index in [1.54, 1.807) is 25.6 Å². The zero-order valence-electron chi connectivity index (χ0n) is 8.90. The van der Waals surface area contributed by atoms with Gasteiger partial charge in [0.1, 0.15) is 0 Å². The van der Waals surface area contributed by atoms with Crippen molar-refractivity contribution in [2.45, 2.75) is 30.6 Å². The summed E-state index contributed by atoms with van der Waals surface area (Å²) in [6.07, 6.45) is 0. The maximum atomic E-state index is 11.5.